The number of halogens is 1. The van der Waals surface area contributed by atoms with Crippen molar-refractivity contribution in [3.8, 4) is 0 Å². The van der Waals surface area contributed by atoms with Gasteiger partial charge in [0, 0.05) is 6.20 Å². The van der Waals surface area contributed by atoms with Crippen LogP contribution in [0.4, 0.5) is 0 Å². The first-order chi connectivity index (χ1) is 5.24. The first kappa shape index (κ1) is 8.28. The Bertz CT molecular complexity index is 268. The highest BCUT2D eigenvalue weighted by atomic mass is 35.5. The van der Waals surface area contributed by atoms with Crippen LogP contribution in [0.15, 0.2) is 24.9 Å². The summed E-state index contributed by atoms with van der Waals surface area (Å²) in [5, 5.41) is 0.579. The summed E-state index contributed by atoms with van der Waals surface area (Å²) >= 11 is 5.82. The van der Waals surface area contributed by atoms with Crippen molar-refractivity contribution < 1.29 is 0 Å². The van der Waals surface area contributed by atoms with Crippen molar-refractivity contribution >= 4 is 11.6 Å². The third kappa shape index (κ3) is 2.05. The standard InChI is InChI=1S/C9H10ClN/c1-3-4-8-5-7(2)6-11-9(8)10/h3,5-6H,1,4H2,2H3. The van der Waals surface area contributed by atoms with E-state index in [0.29, 0.717) is 5.15 Å². The van der Waals surface area contributed by atoms with E-state index in [1.165, 1.54) is 0 Å². The van der Waals surface area contributed by atoms with Crippen molar-refractivity contribution in [2.24, 2.45) is 0 Å². The van der Waals surface area contributed by atoms with Crippen molar-refractivity contribution in [3.63, 3.8) is 0 Å². The number of allylic oxidation sites excluding steroid dienone is 1. The fraction of sp³-hybridized carbons (Fsp3) is 0.222. The monoisotopic (exact) mass is 167 g/mol. The lowest BCUT2D eigenvalue weighted by atomic mass is 10.2. The number of hydrogen-bond donors (Lipinski definition) is 0. The van der Waals surface area contributed by atoms with Gasteiger partial charge in [0.05, 0.1) is 0 Å². The van der Waals surface area contributed by atoms with Crippen LogP contribution in [0.1, 0.15) is 11.1 Å². The molecule has 0 atom stereocenters. The zero-order chi connectivity index (χ0) is 8.27. The number of hydrogen-bond acceptors (Lipinski definition) is 1. The maximum atomic E-state index is 5.82. The minimum atomic E-state index is 0.579. The molecule has 1 rings (SSSR count). The Hall–Kier alpha value is -0.820. The van der Waals surface area contributed by atoms with E-state index in [4.69, 9.17) is 11.6 Å². The van der Waals surface area contributed by atoms with Crippen LogP contribution in [0.2, 0.25) is 5.15 Å². The molecular formula is C9H10ClN. The molecule has 1 nitrogen and oxygen atoms in total. The summed E-state index contributed by atoms with van der Waals surface area (Å²) < 4.78 is 0. The molecule has 0 unspecified atom stereocenters. The van der Waals surface area contributed by atoms with Gasteiger partial charge in [-0.1, -0.05) is 23.7 Å². The molecule has 0 aromatic carbocycles. The second-order valence-electron chi connectivity index (χ2n) is 2.46. The number of nitrogens with zero attached hydrogens (tertiary/aromatic N) is 1. The Balaban J connectivity index is 3.01. The first-order valence-electron chi connectivity index (χ1n) is 3.46. The van der Waals surface area contributed by atoms with Gasteiger partial charge in [-0.05, 0) is 24.5 Å². The highest BCUT2D eigenvalue weighted by Gasteiger charge is 1.98. The van der Waals surface area contributed by atoms with Gasteiger partial charge in [-0.2, -0.15) is 0 Å². The van der Waals surface area contributed by atoms with Gasteiger partial charge >= 0.3 is 0 Å². The lowest BCUT2D eigenvalue weighted by molar-refractivity contribution is 1.16. The van der Waals surface area contributed by atoms with Gasteiger partial charge in [0.25, 0.3) is 0 Å². The summed E-state index contributed by atoms with van der Waals surface area (Å²) in [4.78, 5) is 4.01. The van der Waals surface area contributed by atoms with E-state index in [0.717, 1.165) is 17.5 Å². The first-order valence-corrected chi connectivity index (χ1v) is 3.83. The Morgan fingerprint density at radius 2 is 2.45 bits per heavy atom. The molecular weight excluding hydrogens is 158 g/mol. The lowest BCUT2D eigenvalue weighted by Gasteiger charge is -1.99. The molecule has 0 saturated heterocycles. The summed E-state index contributed by atoms with van der Waals surface area (Å²) in [5.74, 6) is 0. The highest BCUT2D eigenvalue weighted by Crippen LogP contribution is 2.14. The number of pyridine rings is 1. The molecule has 0 radical (unpaired) electrons. The summed E-state index contributed by atoms with van der Waals surface area (Å²) in [7, 11) is 0. The van der Waals surface area contributed by atoms with E-state index >= 15 is 0 Å². The molecule has 0 amide bonds. The van der Waals surface area contributed by atoms with E-state index in [1.807, 2.05) is 19.1 Å². The van der Waals surface area contributed by atoms with Gasteiger partial charge < -0.3 is 0 Å². The maximum absolute atomic E-state index is 5.82. The second kappa shape index (κ2) is 3.54. The molecule has 0 aliphatic heterocycles. The van der Waals surface area contributed by atoms with Gasteiger partial charge in [-0.25, -0.2) is 4.98 Å². The van der Waals surface area contributed by atoms with Crippen LogP contribution in [0.5, 0.6) is 0 Å². The quantitative estimate of drug-likeness (QED) is 0.488. The molecule has 0 N–H and O–H groups in total. The molecule has 0 aliphatic carbocycles. The molecule has 0 bridgehead atoms. The average Bonchev–Trinajstić information content (AvgIpc) is 1.98. The molecule has 0 saturated carbocycles. The Labute approximate surface area is 71.7 Å². The van der Waals surface area contributed by atoms with Crippen molar-refractivity contribution in [1.82, 2.24) is 4.98 Å². The normalized spacial score (nSPS) is 9.64. The largest absolute Gasteiger partial charge is 0.244 e. The summed E-state index contributed by atoms with van der Waals surface area (Å²) in [6, 6.07) is 2.02. The van der Waals surface area contributed by atoms with E-state index < -0.39 is 0 Å². The Kier molecular flexibility index (Phi) is 2.66. The van der Waals surface area contributed by atoms with Crippen LogP contribution in [0.25, 0.3) is 0 Å². The van der Waals surface area contributed by atoms with Gasteiger partial charge in [-0.3, -0.25) is 0 Å². The van der Waals surface area contributed by atoms with Gasteiger partial charge in [0.15, 0.2) is 0 Å². The van der Waals surface area contributed by atoms with Crippen LogP contribution >= 0.6 is 11.6 Å². The van der Waals surface area contributed by atoms with Crippen molar-refractivity contribution in [2.45, 2.75) is 13.3 Å². The van der Waals surface area contributed by atoms with Gasteiger partial charge in [-0.15, -0.1) is 6.58 Å². The van der Waals surface area contributed by atoms with Crippen molar-refractivity contribution in [1.29, 1.82) is 0 Å². The van der Waals surface area contributed by atoms with E-state index in [1.54, 1.807) is 6.20 Å². The van der Waals surface area contributed by atoms with Crippen molar-refractivity contribution in [2.75, 3.05) is 0 Å². The highest BCUT2D eigenvalue weighted by molar-refractivity contribution is 6.30. The second-order valence-corrected chi connectivity index (χ2v) is 2.81. The average molecular weight is 168 g/mol. The van der Waals surface area contributed by atoms with Crippen LogP contribution in [-0.4, -0.2) is 4.98 Å². The molecule has 2 heteroatoms. The van der Waals surface area contributed by atoms with E-state index in [9.17, 15) is 0 Å². The van der Waals surface area contributed by atoms with Crippen LogP contribution in [0, 0.1) is 6.92 Å². The summed E-state index contributed by atoms with van der Waals surface area (Å²) in [5.41, 5.74) is 2.17. The predicted molar refractivity (Wildman–Crippen MR) is 47.9 cm³/mol. The molecule has 1 aromatic heterocycles. The minimum absolute atomic E-state index is 0.579. The number of rotatable bonds is 2. The summed E-state index contributed by atoms with van der Waals surface area (Å²) in [6.45, 7) is 5.64. The Morgan fingerprint density at radius 3 is 3.09 bits per heavy atom. The molecule has 11 heavy (non-hydrogen) atoms. The van der Waals surface area contributed by atoms with E-state index in [2.05, 4.69) is 11.6 Å². The van der Waals surface area contributed by atoms with Crippen LogP contribution < -0.4 is 0 Å². The SMILES string of the molecule is C=CCc1cc(C)cnc1Cl. The fourth-order valence-corrected chi connectivity index (χ4v) is 1.09. The topological polar surface area (TPSA) is 12.9 Å². The molecule has 0 spiro atoms. The molecule has 0 aliphatic rings. The molecule has 58 valence electrons. The summed E-state index contributed by atoms with van der Waals surface area (Å²) in [6.07, 6.45) is 4.37. The van der Waals surface area contributed by atoms with Gasteiger partial charge in [0.2, 0.25) is 0 Å². The number of aryl methyl sites for hydroxylation is 1. The molecule has 1 aromatic rings. The van der Waals surface area contributed by atoms with E-state index in [-0.39, 0.29) is 0 Å². The molecule has 0 fully saturated rings. The smallest absolute Gasteiger partial charge is 0.132 e. The number of aromatic nitrogens is 1. The fourth-order valence-electron chi connectivity index (χ4n) is 0.912. The minimum Gasteiger partial charge on any atom is -0.244 e. The predicted octanol–water partition coefficient (Wildman–Crippen LogP) is 2.77. The van der Waals surface area contributed by atoms with Crippen molar-refractivity contribution in [3.05, 3.63) is 41.2 Å². The zero-order valence-electron chi connectivity index (χ0n) is 6.47. The van der Waals surface area contributed by atoms with Gasteiger partial charge in [0.1, 0.15) is 5.15 Å². The zero-order valence-corrected chi connectivity index (χ0v) is 7.23. The lowest BCUT2D eigenvalue weighted by Crippen LogP contribution is -1.87. The third-order valence-electron chi connectivity index (χ3n) is 1.41. The Morgan fingerprint density at radius 1 is 1.73 bits per heavy atom. The maximum Gasteiger partial charge on any atom is 0.132 e. The van der Waals surface area contributed by atoms with Crippen LogP contribution in [-0.2, 0) is 6.42 Å². The third-order valence-corrected chi connectivity index (χ3v) is 1.75. The molecule has 1 heterocycles. The van der Waals surface area contributed by atoms with Crippen LogP contribution in [0.3, 0.4) is 0 Å².